The van der Waals surface area contributed by atoms with Crippen molar-refractivity contribution < 1.29 is 13.3 Å². The molecule has 3 rings (SSSR count). The average molecular weight is 397 g/mol. The molecule has 0 atom stereocenters. The van der Waals surface area contributed by atoms with E-state index < -0.39 is 25.5 Å². The third kappa shape index (κ3) is 3.76. The number of nitrogens with zero attached hydrogens (tertiary/aromatic N) is 3. The molecule has 0 aliphatic rings. The molecule has 25 heavy (non-hydrogen) atoms. The van der Waals surface area contributed by atoms with E-state index in [9.17, 15) is 18.5 Å². The fraction of sp³-hybridized carbons (Fsp3) is 0. The molecule has 0 radical (unpaired) electrons. The van der Waals surface area contributed by atoms with E-state index in [0.717, 1.165) is 29.0 Å². The summed E-state index contributed by atoms with van der Waals surface area (Å²) in [5.41, 5.74) is 0.204. The maximum absolute atomic E-state index is 12.4. The van der Waals surface area contributed by atoms with Crippen molar-refractivity contribution in [2.75, 3.05) is 4.72 Å². The van der Waals surface area contributed by atoms with Gasteiger partial charge >= 0.3 is 0 Å². The Morgan fingerprint density at radius 1 is 1.08 bits per heavy atom. The number of hydrogen-bond acceptors (Lipinski definition) is 7. The minimum absolute atomic E-state index is 0.00287. The first-order valence-electron chi connectivity index (χ1n) is 6.72. The predicted octanol–water partition coefficient (Wildman–Crippen LogP) is 3.57. The quantitative estimate of drug-likeness (QED) is 0.520. The van der Waals surface area contributed by atoms with Gasteiger partial charge in [0.2, 0.25) is 5.13 Å². The molecule has 1 heterocycles. The van der Waals surface area contributed by atoms with Gasteiger partial charge in [-0.15, -0.1) is 10.2 Å². The zero-order valence-electron chi connectivity index (χ0n) is 12.3. The van der Waals surface area contributed by atoms with E-state index in [-0.39, 0.29) is 5.13 Å². The van der Waals surface area contributed by atoms with E-state index in [1.807, 2.05) is 0 Å². The smallest absolute Gasteiger partial charge is 0.258 e. The van der Waals surface area contributed by atoms with Gasteiger partial charge in [0.1, 0.15) is 5.01 Å². The number of anilines is 1. The van der Waals surface area contributed by atoms with Crippen LogP contribution in [0.2, 0.25) is 5.02 Å². The van der Waals surface area contributed by atoms with Crippen molar-refractivity contribution in [3.63, 3.8) is 0 Å². The second kappa shape index (κ2) is 6.75. The van der Waals surface area contributed by atoms with Crippen LogP contribution in [0.1, 0.15) is 0 Å². The number of aromatic nitrogens is 2. The Bertz CT molecular complexity index is 1030. The number of para-hydroxylation sites is 1. The van der Waals surface area contributed by atoms with Gasteiger partial charge in [-0.1, -0.05) is 47.2 Å². The molecule has 1 N–H and O–H groups in total. The number of nitrogens with one attached hydrogen (secondary N) is 1. The summed E-state index contributed by atoms with van der Waals surface area (Å²) in [6.07, 6.45) is 0. The van der Waals surface area contributed by atoms with Gasteiger partial charge in [-0.3, -0.25) is 14.8 Å². The van der Waals surface area contributed by atoms with Crippen molar-refractivity contribution >= 4 is 43.8 Å². The number of halogens is 1. The molecule has 0 fully saturated rings. The second-order valence-electron chi connectivity index (χ2n) is 4.75. The molecule has 0 saturated heterocycles. The molecular formula is C14H9ClN4O4S2. The van der Waals surface area contributed by atoms with E-state index in [0.29, 0.717) is 10.0 Å². The lowest BCUT2D eigenvalue weighted by atomic mass is 10.2. The maximum atomic E-state index is 12.4. The largest absolute Gasteiger partial charge is 0.289 e. The molecule has 128 valence electrons. The topological polar surface area (TPSA) is 115 Å². The van der Waals surface area contributed by atoms with E-state index in [1.54, 1.807) is 24.3 Å². The molecular weight excluding hydrogens is 388 g/mol. The Labute approximate surface area is 151 Å². The van der Waals surface area contributed by atoms with Gasteiger partial charge in [0.25, 0.3) is 15.7 Å². The van der Waals surface area contributed by atoms with Crippen molar-refractivity contribution in [2.24, 2.45) is 0 Å². The van der Waals surface area contributed by atoms with Crippen molar-refractivity contribution in [3.8, 4) is 10.6 Å². The summed E-state index contributed by atoms with van der Waals surface area (Å²) in [6, 6.07) is 11.9. The van der Waals surface area contributed by atoms with E-state index in [1.165, 1.54) is 12.1 Å². The molecule has 0 bridgehead atoms. The van der Waals surface area contributed by atoms with Gasteiger partial charge in [-0.25, -0.2) is 8.42 Å². The van der Waals surface area contributed by atoms with Crippen LogP contribution in [-0.4, -0.2) is 23.5 Å². The van der Waals surface area contributed by atoms with E-state index in [2.05, 4.69) is 14.9 Å². The predicted molar refractivity (Wildman–Crippen MR) is 94.3 cm³/mol. The molecule has 0 aliphatic heterocycles. The maximum Gasteiger partial charge on any atom is 0.289 e. The fourth-order valence-corrected chi connectivity index (χ4v) is 4.26. The van der Waals surface area contributed by atoms with Crippen LogP contribution in [0.3, 0.4) is 0 Å². The summed E-state index contributed by atoms with van der Waals surface area (Å²) < 4.78 is 27.1. The lowest BCUT2D eigenvalue weighted by Crippen LogP contribution is -2.14. The first-order valence-corrected chi connectivity index (χ1v) is 9.40. The van der Waals surface area contributed by atoms with Crippen LogP contribution in [0.25, 0.3) is 10.6 Å². The van der Waals surface area contributed by atoms with Gasteiger partial charge in [-0.05, 0) is 18.2 Å². The van der Waals surface area contributed by atoms with Crippen molar-refractivity contribution in [1.82, 2.24) is 10.2 Å². The minimum atomic E-state index is -4.17. The van der Waals surface area contributed by atoms with Gasteiger partial charge in [0, 0.05) is 16.7 Å². The Morgan fingerprint density at radius 2 is 1.76 bits per heavy atom. The summed E-state index contributed by atoms with van der Waals surface area (Å²) in [4.78, 5) is 9.82. The molecule has 8 nitrogen and oxygen atoms in total. The summed E-state index contributed by atoms with van der Waals surface area (Å²) in [5, 5.41) is 19.8. The summed E-state index contributed by atoms with van der Waals surface area (Å²) in [5.74, 6) is 0. The Hall–Kier alpha value is -2.56. The zero-order chi connectivity index (χ0) is 18.0. The van der Waals surface area contributed by atoms with Crippen LogP contribution in [0.4, 0.5) is 10.8 Å². The number of nitro groups is 1. The SMILES string of the molecule is O=[N+]([O-])c1ccccc1S(=O)(=O)Nc1nnc(-c2ccc(Cl)cc2)s1. The van der Waals surface area contributed by atoms with Crippen LogP contribution < -0.4 is 4.72 Å². The molecule has 11 heteroatoms. The van der Waals surface area contributed by atoms with Crippen LogP contribution in [0, 0.1) is 10.1 Å². The lowest BCUT2D eigenvalue weighted by molar-refractivity contribution is -0.387. The number of rotatable bonds is 5. The van der Waals surface area contributed by atoms with Crippen molar-refractivity contribution in [2.45, 2.75) is 4.90 Å². The first kappa shape index (κ1) is 17.3. The van der Waals surface area contributed by atoms with E-state index >= 15 is 0 Å². The number of nitro benzene ring substituents is 1. The fourth-order valence-electron chi connectivity index (χ4n) is 1.98. The van der Waals surface area contributed by atoms with Gasteiger partial charge in [0.05, 0.1) is 4.92 Å². The van der Waals surface area contributed by atoms with Crippen LogP contribution in [-0.2, 0) is 10.0 Å². The summed E-state index contributed by atoms with van der Waals surface area (Å²) in [6.45, 7) is 0. The Balaban J connectivity index is 1.90. The van der Waals surface area contributed by atoms with Gasteiger partial charge in [-0.2, -0.15) is 0 Å². The highest BCUT2D eigenvalue weighted by atomic mass is 35.5. The molecule has 0 amide bonds. The Morgan fingerprint density at radius 3 is 2.44 bits per heavy atom. The van der Waals surface area contributed by atoms with Crippen LogP contribution >= 0.6 is 22.9 Å². The highest BCUT2D eigenvalue weighted by Crippen LogP contribution is 2.30. The molecule has 1 aromatic heterocycles. The van der Waals surface area contributed by atoms with Crippen molar-refractivity contribution in [3.05, 3.63) is 63.7 Å². The van der Waals surface area contributed by atoms with Crippen LogP contribution in [0.5, 0.6) is 0 Å². The van der Waals surface area contributed by atoms with E-state index in [4.69, 9.17) is 11.6 Å². The lowest BCUT2D eigenvalue weighted by Gasteiger charge is -2.04. The normalized spacial score (nSPS) is 11.2. The third-order valence-electron chi connectivity index (χ3n) is 3.09. The summed E-state index contributed by atoms with van der Waals surface area (Å²) in [7, 11) is -4.17. The van der Waals surface area contributed by atoms with Crippen molar-refractivity contribution in [1.29, 1.82) is 0 Å². The average Bonchev–Trinajstić information content (AvgIpc) is 3.03. The number of hydrogen-bond donors (Lipinski definition) is 1. The highest BCUT2D eigenvalue weighted by molar-refractivity contribution is 7.93. The highest BCUT2D eigenvalue weighted by Gasteiger charge is 2.26. The molecule has 0 aliphatic carbocycles. The number of sulfonamides is 1. The molecule has 3 aromatic rings. The zero-order valence-corrected chi connectivity index (χ0v) is 14.7. The third-order valence-corrected chi connectivity index (χ3v) is 5.74. The second-order valence-corrected chi connectivity index (χ2v) is 7.81. The standard InChI is InChI=1S/C14H9ClN4O4S2/c15-10-7-5-9(6-8-10)13-16-17-14(24-13)18-25(22,23)12-4-2-1-3-11(12)19(20)21/h1-8H,(H,17,18). The molecule has 0 unspecified atom stereocenters. The monoisotopic (exact) mass is 396 g/mol. The number of benzene rings is 2. The first-order chi connectivity index (χ1) is 11.9. The van der Waals surface area contributed by atoms with Crippen LogP contribution in [0.15, 0.2) is 53.4 Å². The molecule has 0 spiro atoms. The Kier molecular flexibility index (Phi) is 4.66. The van der Waals surface area contributed by atoms with Gasteiger partial charge in [0.15, 0.2) is 4.90 Å². The van der Waals surface area contributed by atoms with Gasteiger partial charge < -0.3 is 0 Å². The summed E-state index contributed by atoms with van der Waals surface area (Å²) >= 11 is 6.82. The molecule has 0 saturated carbocycles. The minimum Gasteiger partial charge on any atom is -0.258 e. The molecule has 2 aromatic carbocycles.